The summed E-state index contributed by atoms with van der Waals surface area (Å²) in [6, 6.07) is 0. The van der Waals surface area contributed by atoms with Crippen LogP contribution in [0.15, 0.2) is 0 Å². The van der Waals surface area contributed by atoms with E-state index >= 15 is 0 Å². The van der Waals surface area contributed by atoms with Gasteiger partial charge in [-0.25, -0.2) is 0 Å². The molecule has 150 valence electrons. The third kappa shape index (κ3) is 9.33. The summed E-state index contributed by atoms with van der Waals surface area (Å²) in [7, 11) is 2.63. The van der Waals surface area contributed by atoms with Crippen molar-refractivity contribution in [1.82, 2.24) is 0 Å². The number of esters is 4. The number of rotatable bonds is 11. The predicted molar refractivity (Wildman–Crippen MR) is 86.0 cm³/mol. The van der Waals surface area contributed by atoms with E-state index in [0.717, 1.165) is 0 Å². The first-order valence-corrected chi connectivity index (χ1v) is 7.79. The smallest absolute Gasteiger partial charge is 0.303 e. The number of hydrogen-bond donors (Lipinski definition) is 0. The van der Waals surface area contributed by atoms with Crippen LogP contribution in [0, 0.1) is 0 Å². The molecule has 0 aromatic carbocycles. The Morgan fingerprint density at radius 2 is 0.923 bits per heavy atom. The molecule has 0 bridgehead atoms. The fourth-order valence-electron chi connectivity index (χ4n) is 2.21. The Bertz CT molecular complexity index is 445. The molecule has 0 aliphatic heterocycles. The Morgan fingerprint density at radius 1 is 0.615 bits per heavy atom. The minimum absolute atomic E-state index is 0.298. The van der Waals surface area contributed by atoms with Gasteiger partial charge < -0.3 is 28.4 Å². The maximum atomic E-state index is 11.4. The Kier molecular flexibility index (Phi) is 11.2. The zero-order valence-electron chi connectivity index (χ0n) is 15.8. The topological polar surface area (TPSA) is 124 Å². The maximum absolute atomic E-state index is 11.4. The lowest BCUT2D eigenvalue weighted by atomic mass is 10.0. The van der Waals surface area contributed by atoms with E-state index < -0.39 is 48.3 Å². The van der Waals surface area contributed by atoms with Gasteiger partial charge in [0.1, 0.15) is 25.4 Å². The monoisotopic (exact) mass is 378 g/mol. The molecule has 0 heterocycles. The van der Waals surface area contributed by atoms with Crippen LogP contribution in [-0.4, -0.2) is 75.7 Å². The summed E-state index contributed by atoms with van der Waals surface area (Å²) in [6.45, 7) is 4.16. The van der Waals surface area contributed by atoms with Gasteiger partial charge in [-0.3, -0.25) is 19.2 Å². The van der Waals surface area contributed by atoms with Crippen LogP contribution < -0.4 is 0 Å². The van der Waals surface area contributed by atoms with Gasteiger partial charge in [0, 0.05) is 41.9 Å². The molecule has 0 saturated heterocycles. The lowest BCUT2D eigenvalue weighted by Crippen LogP contribution is -2.52. The number of carbonyl (C=O) groups is 4. The molecule has 0 saturated carbocycles. The van der Waals surface area contributed by atoms with Crippen molar-refractivity contribution in [2.24, 2.45) is 0 Å². The maximum Gasteiger partial charge on any atom is 0.303 e. The summed E-state index contributed by atoms with van der Waals surface area (Å²) in [5, 5.41) is 0. The van der Waals surface area contributed by atoms with Crippen molar-refractivity contribution >= 4 is 23.9 Å². The average molecular weight is 378 g/mol. The molecule has 0 aliphatic carbocycles. The minimum atomic E-state index is -1.04. The Balaban J connectivity index is 5.52. The lowest BCUT2D eigenvalue weighted by molar-refractivity contribution is -0.194. The van der Waals surface area contributed by atoms with E-state index in [0.29, 0.717) is 0 Å². The van der Waals surface area contributed by atoms with Gasteiger partial charge in [0.2, 0.25) is 0 Å². The van der Waals surface area contributed by atoms with Crippen molar-refractivity contribution in [2.45, 2.75) is 52.1 Å². The van der Waals surface area contributed by atoms with Crippen LogP contribution in [0.25, 0.3) is 0 Å². The third-order valence-corrected chi connectivity index (χ3v) is 3.14. The summed E-state index contributed by atoms with van der Waals surface area (Å²) in [5.74, 6) is -2.43. The van der Waals surface area contributed by atoms with Gasteiger partial charge in [-0.1, -0.05) is 0 Å². The highest BCUT2D eigenvalue weighted by atomic mass is 16.6. The van der Waals surface area contributed by atoms with Crippen molar-refractivity contribution < 1.29 is 47.6 Å². The highest BCUT2D eigenvalue weighted by Gasteiger charge is 2.40. The predicted octanol–water partition coefficient (Wildman–Crippen LogP) is 0.00600. The molecular formula is C16H26O10. The van der Waals surface area contributed by atoms with E-state index in [2.05, 4.69) is 0 Å². The average Bonchev–Trinajstić information content (AvgIpc) is 2.52. The molecule has 4 atom stereocenters. The number of hydrogen-bond acceptors (Lipinski definition) is 10. The minimum Gasteiger partial charge on any atom is -0.462 e. The molecule has 0 fully saturated rings. The molecule has 0 aromatic heterocycles. The van der Waals surface area contributed by atoms with Crippen molar-refractivity contribution in [1.29, 1.82) is 0 Å². The van der Waals surface area contributed by atoms with Gasteiger partial charge in [-0.2, -0.15) is 0 Å². The summed E-state index contributed by atoms with van der Waals surface area (Å²) in [5.41, 5.74) is 0. The number of methoxy groups -OCH3 is 2. The SMILES string of the molecule is CO[C@@H]([C@H](OC)[C@@H](COC(C)=O)OC(C)=O)[C@@H](COC(C)=O)OC(C)=O. The first kappa shape index (κ1) is 23.8. The number of ether oxygens (including phenoxy) is 6. The molecule has 0 N–H and O–H groups in total. The van der Waals surface area contributed by atoms with Crippen LogP contribution in [0.1, 0.15) is 27.7 Å². The van der Waals surface area contributed by atoms with Crippen LogP contribution in [0.4, 0.5) is 0 Å². The van der Waals surface area contributed by atoms with Crippen LogP contribution in [-0.2, 0) is 47.6 Å². The van der Waals surface area contributed by atoms with Crippen LogP contribution in [0.5, 0.6) is 0 Å². The van der Waals surface area contributed by atoms with Crippen molar-refractivity contribution in [3.63, 3.8) is 0 Å². The van der Waals surface area contributed by atoms with Crippen molar-refractivity contribution in [3.8, 4) is 0 Å². The fraction of sp³-hybridized carbons (Fsp3) is 0.750. The standard InChI is InChI=1S/C16H26O10/c1-9(17)23-7-13(25-11(3)19)15(21-5)16(22-6)14(26-12(4)20)8-24-10(2)18/h13-16H,7-8H2,1-6H3/t13-,14-,15-,16-/m1/s1. The molecule has 0 unspecified atom stereocenters. The second-order valence-electron chi connectivity index (χ2n) is 5.30. The first-order valence-electron chi connectivity index (χ1n) is 7.79. The van der Waals surface area contributed by atoms with E-state index in [9.17, 15) is 19.2 Å². The van der Waals surface area contributed by atoms with E-state index in [-0.39, 0.29) is 13.2 Å². The molecule has 0 rings (SSSR count). The van der Waals surface area contributed by atoms with Crippen LogP contribution >= 0.6 is 0 Å². The van der Waals surface area contributed by atoms with Gasteiger partial charge in [-0.15, -0.1) is 0 Å². The molecular weight excluding hydrogens is 352 g/mol. The van der Waals surface area contributed by atoms with Crippen molar-refractivity contribution in [3.05, 3.63) is 0 Å². The Labute approximate surface area is 152 Å². The van der Waals surface area contributed by atoms with Crippen LogP contribution in [0.3, 0.4) is 0 Å². The molecule has 10 heteroatoms. The van der Waals surface area contributed by atoms with Crippen molar-refractivity contribution in [2.75, 3.05) is 27.4 Å². The largest absolute Gasteiger partial charge is 0.462 e. The summed E-state index contributed by atoms with van der Waals surface area (Å²) < 4.78 is 30.8. The summed E-state index contributed by atoms with van der Waals surface area (Å²) >= 11 is 0. The van der Waals surface area contributed by atoms with Gasteiger partial charge in [0.05, 0.1) is 0 Å². The Morgan fingerprint density at radius 3 is 1.12 bits per heavy atom. The molecule has 0 radical (unpaired) electrons. The van der Waals surface area contributed by atoms with Gasteiger partial charge in [-0.05, 0) is 0 Å². The van der Waals surface area contributed by atoms with Gasteiger partial charge in [0.15, 0.2) is 12.2 Å². The highest BCUT2D eigenvalue weighted by Crippen LogP contribution is 2.18. The van der Waals surface area contributed by atoms with Crippen LogP contribution in [0.2, 0.25) is 0 Å². The molecule has 10 nitrogen and oxygen atoms in total. The van der Waals surface area contributed by atoms with E-state index in [4.69, 9.17) is 28.4 Å². The molecule has 26 heavy (non-hydrogen) atoms. The second kappa shape index (κ2) is 12.2. The lowest BCUT2D eigenvalue weighted by Gasteiger charge is -2.34. The molecule has 0 aromatic rings. The third-order valence-electron chi connectivity index (χ3n) is 3.14. The van der Waals surface area contributed by atoms with E-state index in [1.807, 2.05) is 0 Å². The normalized spacial score (nSPS) is 15.2. The van der Waals surface area contributed by atoms with E-state index in [1.54, 1.807) is 0 Å². The van der Waals surface area contributed by atoms with Gasteiger partial charge in [0.25, 0.3) is 0 Å². The Hall–Kier alpha value is -2.20. The molecule has 0 aliphatic rings. The highest BCUT2D eigenvalue weighted by molar-refractivity contribution is 5.67. The second-order valence-corrected chi connectivity index (χ2v) is 5.30. The number of carbonyl (C=O) groups excluding carboxylic acids is 4. The fourth-order valence-corrected chi connectivity index (χ4v) is 2.21. The van der Waals surface area contributed by atoms with E-state index in [1.165, 1.54) is 41.9 Å². The zero-order chi connectivity index (χ0) is 20.3. The zero-order valence-corrected chi connectivity index (χ0v) is 15.8. The summed E-state index contributed by atoms with van der Waals surface area (Å²) in [6.07, 6.45) is -4.05. The first-order chi connectivity index (χ1) is 12.1. The van der Waals surface area contributed by atoms with Gasteiger partial charge >= 0.3 is 23.9 Å². The molecule has 0 amide bonds. The summed E-state index contributed by atoms with van der Waals surface area (Å²) in [4.78, 5) is 44.9. The molecule has 0 spiro atoms. The quantitative estimate of drug-likeness (QED) is 0.358.